The van der Waals surface area contributed by atoms with Crippen molar-refractivity contribution in [3.63, 3.8) is 0 Å². The molecular weight excluding hydrogens is 260 g/mol. The number of aryl methyl sites for hydroxylation is 1. The Hall–Kier alpha value is -2.30. The van der Waals surface area contributed by atoms with E-state index in [1.54, 1.807) is 11.3 Å². The van der Waals surface area contributed by atoms with E-state index in [9.17, 15) is 0 Å². The van der Waals surface area contributed by atoms with Gasteiger partial charge >= 0.3 is 0 Å². The highest BCUT2D eigenvalue weighted by Gasteiger charge is 2.00. The molecule has 0 amide bonds. The monoisotopic (exact) mass is 274 g/mol. The van der Waals surface area contributed by atoms with Crippen LogP contribution >= 0.6 is 11.3 Å². The molecule has 96 valence electrons. The molecule has 20 heavy (non-hydrogen) atoms. The molecule has 0 radical (unpaired) electrons. The smallest absolute Gasteiger partial charge is 0.0778 e. The van der Waals surface area contributed by atoms with E-state index in [0.717, 1.165) is 10.4 Å². The number of hydrogen-bond donors (Lipinski definition) is 0. The van der Waals surface area contributed by atoms with Crippen LogP contribution in [0.15, 0.2) is 66.7 Å². The summed E-state index contributed by atoms with van der Waals surface area (Å²) in [6.07, 6.45) is 0. The number of benzene rings is 2. The molecule has 1 heteroatoms. The first kappa shape index (κ1) is 12.7. The van der Waals surface area contributed by atoms with Crippen LogP contribution in [-0.2, 0) is 0 Å². The van der Waals surface area contributed by atoms with Crippen LogP contribution in [0, 0.1) is 18.8 Å². The maximum Gasteiger partial charge on any atom is 0.0778 e. The maximum atomic E-state index is 3.24. The van der Waals surface area contributed by atoms with Crippen LogP contribution in [0.3, 0.4) is 0 Å². The van der Waals surface area contributed by atoms with Crippen molar-refractivity contribution in [1.82, 2.24) is 0 Å². The minimum absolute atomic E-state index is 1.06. The molecule has 0 aliphatic rings. The lowest BCUT2D eigenvalue weighted by Gasteiger charge is -1.93. The second-order valence-corrected chi connectivity index (χ2v) is 5.73. The minimum atomic E-state index is 1.06. The van der Waals surface area contributed by atoms with Crippen LogP contribution in [0.4, 0.5) is 0 Å². The molecule has 3 rings (SSSR count). The van der Waals surface area contributed by atoms with E-state index in [1.165, 1.54) is 16.0 Å². The molecule has 3 aromatic rings. The maximum absolute atomic E-state index is 3.24. The Morgan fingerprint density at radius 3 is 2.25 bits per heavy atom. The predicted molar refractivity (Wildman–Crippen MR) is 86.9 cm³/mol. The summed E-state index contributed by atoms with van der Waals surface area (Å²) in [6, 6.07) is 23.0. The van der Waals surface area contributed by atoms with E-state index < -0.39 is 0 Å². The quantitative estimate of drug-likeness (QED) is 0.540. The van der Waals surface area contributed by atoms with Crippen molar-refractivity contribution in [2.75, 3.05) is 0 Å². The Morgan fingerprint density at radius 1 is 0.750 bits per heavy atom. The first-order valence-corrected chi connectivity index (χ1v) is 7.37. The third kappa shape index (κ3) is 2.99. The zero-order chi connectivity index (χ0) is 13.8. The zero-order valence-electron chi connectivity index (χ0n) is 11.3. The average Bonchev–Trinajstić information content (AvgIpc) is 2.97. The van der Waals surface area contributed by atoms with Gasteiger partial charge in [-0.25, -0.2) is 0 Å². The van der Waals surface area contributed by atoms with Gasteiger partial charge in [-0.3, -0.25) is 0 Å². The highest BCUT2D eigenvalue weighted by molar-refractivity contribution is 7.16. The molecule has 2 aromatic carbocycles. The van der Waals surface area contributed by atoms with Gasteiger partial charge in [0.25, 0.3) is 0 Å². The fraction of sp³-hybridized carbons (Fsp3) is 0.0526. The Bertz CT molecular complexity index is 753. The van der Waals surface area contributed by atoms with Gasteiger partial charge in [-0.05, 0) is 36.8 Å². The van der Waals surface area contributed by atoms with Crippen LogP contribution in [0.5, 0.6) is 0 Å². The first-order valence-electron chi connectivity index (χ1n) is 6.55. The summed E-state index contributed by atoms with van der Waals surface area (Å²) in [5.74, 6) is 6.45. The molecule has 0 aliphatic carbocycles. The predicted octanol–water partition coefficient (Wildman–Crippen LogP) is 5.12. The van der Waals surface area contributed by atoms with E-state index >= 15 is 0 Å². The molecule has 1 heterocycles. The number of rotatable bonds is 1. The molecule has 1 aromatic heterocycles. The fourth-order valence-electron chi connectivity index (χ4n) is 1.93. The minimum Gasteiger partial charge on any atom is -0.127 e. The molecule has 0 saturated heterocycles. The lowest BCUT2D eigenvalue weighted by atomic mass is 10.1. The third-order valence-corrected chi connectivity index (χ3v) is 4.10. The van der Waals surface area contributed by atoms with Gasteiger partial charge in [-0.15, -0.1) is 11.3 Å². The SMILES string of the molecule is Cc1ccc(C#Cc2ccc(-c3ccccc3)s2)cc1. The average molecular weight is 274 g/mol. The third-order valence-electron chi connectivity index (χ3n) is 3.05. The lowest BCUT2D eigenvalue weighted by Crippen LogP contribution is -1.74. The number of hydrogen-bond acceptors (Lipinski definition) is 1. The zero-order valence-corrected chi connectivity index (χ0v) is 12.1. The van der Waals surface area contributed by atoms with Crippen molar-refractivity contribution >= 4 is 11.3 Å². The summed E-state index contributed by atoms with van der Waals surface area (Å²) in [7, 11) is 0. The van der Waals surface area contributed by atoms with Gasteiger partial charge in [0.2, 0.25) is 0 Å². The lowest BCUT2D eigenvalue weighted by molar-refractivity contribution is 1.46. The molecule has 0 nitrogen and oxygen atoms in total. The molecule has 0 saturated carbocycles. The molecule has 0 aliphatic heterocycles. The normalized spacial score (nSPS) is 9.85. The van der Waals surface area contributed by atoms with Crippen molar-refractivity contribution in [3.05, 3.63) is 82.7 Å². The van der Waals surface area contributed by atoms with Gasteiger partial charge < -0.3 is 0 Å². The van der Waals surface area contributed by atoms with Gasteiger partial charge in [-0.2, -0.15) is 0 Å². The Morgan fingerprint density at radius 2 is 1.50 bits per heavy atom. The standard InChI is InChI=1S/C19H14S/c1-15-7-9-16(10-8-15)11-12-18-13-14-19(20-18)17-5-3-2-4-6-17/h2-10,13-14H,1H3. The summed E-state index contributed by atoms with van der Waals surface area (Å²) in [4.78, 5) is 2.36. The second-order valence-electron chi connectivity index (χ2n) is 4.65. The topological polar surface area (TPSA) is 0 Å². The van der Waals surface area contributed by atoms with Gasteiger partial charge in [0.1, 0.15) is 0 Å². The summed E-state index contributed by atoms with van der Waals surface area (Å²) in [5.41, 5.74) is 3.57. The molecule has 0 fully saturated rings. The van der Waals surface area contributed by atoms with Gasteiger partial charge in [0.05, 0.1) is 4.88 Å². The largest absolute Gasteiger partial charge is 0.127 e. The van der Waals surface area contributed by atoms with Crippen LogP contribution in [0.25, 0.3) is 10.4 Å². The van der Waals surface area contributed by atoms with Crippen molar-refractivity contribution in [2.45, 2.75) is 6.92 Å². The van der Waals surface area contributed by atoms with Crippen molar-refractivity contribution in [3.8, 4) is 22.3 Å². The summed E-state index contributed by atoms with van der Waals surface area (Å²) in [6.45, 7) is 2.09. The highest BCUT2D eigenvalue weighted by atomic mass is 32.1. The van der Waals surface area contributed by atoms with Gasteiger partial charge in [0.15, 0.2) is 0 Å². The van der Waals surface area contributed by atoms with Crippen LogP contribution < -0.4 is 0 Å². The summed E-state index contributed by atoms with van der Waals surface area (Å²) in [5, 5.41) is 0. The van der Waals surface area contributed by atoms with Gasteiger partial charge in [-0.1, -0.05) is 59.9 Å². The Balaban J connectivity index is 1.83. The van der Waals surface area contributed by atoms with E-state index in [2.05, 4.69) is 79.4 Å². The molecule has 0 atom stereocenters. The van der Waals surface area contributed by atoms with Gasteiger partial charge in [0, 0.05) is 10.4 Å². The van der Waals surface area contributed by atoms with E-state index in [0.29, 0.717) is 0 Å². The molecule has 0 bridgehead atoms. The highest BCUT2D eigenvalue weighted by Crippen LogP contribution is 2.27. The van der Waals surface area contributed by atoms with E-state index in [1.807, 2.05) is 6.07 Å². The fourth-order valence-corrected chi connectivity index (χ4v) is 2.80. The Kier molecular flexibility index (Phi) is 3.67. The summed E-state index contributed by atoms with van der Waals surface area (Å²) < 4.78 is 0. The van der Waals surface area contributed by atoms with Crippen molar-refractivity contribution in [1.29, 1.82) is 0 Å². The molecular formula is C19H14S. The first-order chi connectivity index (χ1) is 9.81. The number of thiophene rings is 1. The van der Waals surface area contributed by atoms with Crippen LogP contribution in [0.1, 0.15) is 16.0 Å². The van der Waals surface area contributed by atoms with Crippen LogP contribution in [-0.4, -0.2) is 0 Å². The molecule has 0 N–H and O–H groups in total. The Labute approximate surface area is 123 Å². The second kappa shape index (κ2) is 5.77. The van der Waals surface area contributed by atoms with Crippen molar-refractivity contribution in [2.24, 2.45) is 0 Å². The van der Waals surface area contributed by atoms with Crippen LogP contribution in [0.2, 0.25) is 0 Å². The van der Waals surface area contributed by atoms with Crippen molar-refractivity contribution < 1.29 is 0 Å². The molecule has 0 spiro atoms. The summed E-state index contributed by atoms with van der Waals surface area (Å²) >= 11 is 1.73. The van der Waals surface area contributed by atoms with E-state index in [4.69, 9.17) is 0 Å². The van der Waals surface area contributed by atoms with E-state index in [-0.39, 0.29) is 0 Å². The molecule has 0 unspecified atom stereocenters.